The molecule has 0 bridgehead atoms. The molecular formula is C28H22N4O4S. The van der Waals surface area contributed by atoms with Crippen LogP contribution in [0.2, 0.25) is 0 Å². The topological polar surface area (TPSA) is 120 Å². The molecule has 0 atom stereocenters. The number of benzene rings is 3. The van der Waals surface area contributed by atoms with Crippen LogP contribution in [0.1, 0.15) is 11.1 Å². The van der Waals surface area contributed by atoms with Gasteiger partial charge in [0.15, 0.2) is 5.84 Å². The Morgan fingerprint density at radius 2 is 1.54 bits per heavy atom. The van der Waals surface area contributed by atoms with Crippen LogP contribution in [0.4, 0.5) is 5.69 Å². The van der Waals surface area contributed by atoms with Gasteiger partial charge in [-0.25, -0.2) is 4.98 Å². The highest BCUT2D eigenvalue weighted by Gasteiger charge is 2.30. The lowest BCUT2D eigenvalue weighted by atomic mass is 10.0. The van der Waals surface area contributed by atoms with Gasteiger partial charge in [0, 0.05) is 11.8 Å². The number of nitrogens with one attached hydrogen (secondary N) is 1. The lowest BCUT2D eigenvalue weighted by molar-refractivity contribution is 0.477. The summed E-state index contributed by atoms with van der Waals surface area (Å²) in [5.74, 6) is -0.453. The zero-order valence-corrected chi connectivity index (χ0v) is 20.3. The fourth-order valence-electron chi connectivity index (χ4n) is 4.47. The molecule has 3 heterocycles. The number of anilines is 1. The summed E-state index contributed by atoms with van der Waals surface area (Å²) >= 11 is 0. The zero-order valence-electron chi connectivity index (χ0n) is 19.4. The lowest BCUT2D eigenvalue weighted by Crippen LogP contribution is -2.32. The van der Waals surface area contributed by atoms with E-state index in [1.807, 2.05) is 60.7 Å². The second kappa shape index (κ2) is 8.90. The van der Waals surface area contributed by atoms with Crippen LogP contribution in [0, 0.1) is 0 Å². The quantitative estimate of drug-likeness (QED) is 0.246. The van der Waals surface area contributed by atoms with Crippen LogP contribution in [0.5, 0.6) is 5.75 Å². The molecule has 1 aliphatic rings. The summed E-state index contributed by atoms with van der Waals surface area (Å²) in [6.45, 7) is 0.196. The SMILES string of the molecule is O=c1c(C2=NS(O)(O)c3ccccc3N2)c(O)c2cc(-c3ccccc3)cnc2n1Cc1ccccc1. The van der Waals surface area contributed by atoms with E-state index in [2.05, 4.69) is 14.7 Å². The van der Waals surface area contributed by atoms with Gasteiger partial charge in [0.25, 0.3) is 5.56 Å². The second-order valence-electron chi connectivity index (χ2n) is 8.64. The van der Waals surface area contributed by atoms with Crippen LogP contribution < -0.4 is 10.9 Å². The molecule has 0 unspecified atom stereocenters. The van der Waals surface area contributed by atoms with Crippen molar-refractivity contribution in [3.63, 3.8) is 0 Å². The molecular weight excluding hydrogens is 488 g/mol. The minimum Gasteiger partial charge on any atom is -0.506 e. The molecule has 0 amide bonds. The number of hydrogen-bond acceptors (Lipinski definition) is 7. The van der Waals surface area contributed by atoms with Crippen molar-refractivity contribution in [1.29, 1.82) is 0 Å². The molecule has 0 radical (unpaired) electrons. The van der Waals surface area contributed by atoms with Crippen molar-refractivity contribution in [3.05, 3.63) is 119 Å². The Morgan fingerprint density at radius 3 is 2.30 bits per heavy atom. The molecule has 184 valence electrons. The molecule has 37 heavy (non-hydrogen) atoms. The van der Waals surface area contributed by atoms with Gasteiger partial charge in [0.1, 0.15) is 21.9 Å². The minimum atomic E-state index is -3.60. The zero-order chi connectivity index (χ0) is 25.6. The molecule has 0 fully saturated rings. The van der Waals surface area contributed by atoms with Gasteiger partial charge in [-0.1, -0.05) is 83.6 Å². The highest BCUT2D eigenvalue weighted by molar-refractivity contribution is 8.23. The molecule has 3 aromatic carbocycles. The second-order valence-corrected chi connectivity index (χ2v) is 10.3. The predicted octanol–water partition coefficient (Wildman–Crippen LogP) is 5.71. The van der Waals surface area contributed by atoms with Gasteiger partial charge in [-0.2, -0.15) is 0 Å². The number of aromatic hydroxyl groups is 1. The number of amidine groups is 1. The van der Waals surface area contributed by atoms with Crippen molar-refractivity contribution in [3.8, 4) is 16.9 Å². The summed E-state index contributed by atoms with van der Waals surface area (Å²) in [7, 11) is -3.60. The van der Waals surface area contributed by atoms with E-state index in [-0.39, 0.29) is 28.6 Å². The van der Waals surface area contributed by atoms with Crippen LogP contribution in [-0.4, -0.2) is 29.6 Å². The minimum absolute atomic E-state index is 0.116. The molecule has 0 spiro atoms. The Morgan fingerprint density at radius 1 is 0.865 bits per heavy atom. The molecule has 4 N–H and O–H groups in total. The van der Waals surface area contributed by atoms with Crippen LogP contribution in [0.25, 0.3) is 22.2 Å². The fourth-order valence-corrected chi connectivity index (χ4v) is 5.64. The summed E-state index contributed by atoms with van der Waals surface area (Å²) in [5.41, 5.74) is 2.50. The van der Waals surface area contributed by atoms with Gasteiger partial charge < -0.3 is 10.4 Å². The van der Waals surface area contributed by atoms with Crippen LogP contribution in [-0.2, 0) is 6.54 Å². The molecule has 5 aromatic rings. The Kier molecular flexibility index (Phi) is 5.53. The predicted molar refractivity (Wildman–Crippen MR) is 146 cm³/mol. The summed E-state index contributed by atoms with van der Waals surface area (Å²) < 4.78 is 27.1. The van der Waals surface area contributed by atoms with Gasteiger partial charge in [0.05, 0.1) is 17.6 Å². The molecule has 9 heteroatoms. The van der Waals surface area contributed by atoms with Crippen molar-refractivity contribution in [2.24, 2.45) is 4.40 Å². The van der Waals surface area contributed by atoms with Crippen LogP contribution in [0.3, 0.4) is 0 Å². The number of aromatic nitrogens is 2. The van der Waals surface area contributed by atoms with E-state index in [1.54, 1.807) is 36.5 Å². The van der Waals surface area contributed by atoms with Crippen molar-refractivity contribution in [2.45, 2.75) is 11.4 Å². The Labute approximate surface area is 213 Å². The van der Waals surface area contributed by atoms with E-state index < -0.39 is 16.3 Å². The molecule has 0 saturated carbocycles. The smallest absolute Gasteiger partial charge is 0.267 e. The third-order valence-corrected chi connectivity index (χ3v) is 7.64. The largest absolute Gasteiger partial charge is 0.506 e. The fraction of sp³-hybridized carbons (Fsp3) is 0.0357. The van der Waals surface area contributed by atoms with Gasteiger partial charge in [-0.15, -0.1) is 4.40 Å². The first-order valence-electron chi connectivity index (χ1n) is 11.5. The maximum absolute atomic E-state index is 13.9. The molecule has 6 rings (SSSR count). The van der Waals surface area contributed by atoms with E-state index in [9.17, 15) is 19.0 Å². The van der Waals surface area contributed by atoms with Gasteiger partial charge in [-0.3, -0.25) is 18.5 Å². The summed E-state index contributed by atoms with van der Waals surface area (Å²) in [4.78, 5) is 18.7. The molecule has 1 aliphatic heterocycles. The maximum atomic E-state index is 13.9. The summed E-state index contributed by atoms with van der Waals surface area (Å²) in [6, 6.07) is 27.4. The highest BCUT2D eigenvalue weighted by Crippen LogP contribution is 2.55. The first-order valence-corrected chi connectivity index (χ1v) is 13.0. The first-order chi connectivity index (χ1) is 17.9. The summed E-state index contributed by atoms with van der Waals surface area (Å²) in [5, 5.41) is 14.8. The van der Waals surface area contributed by atoms with Crippen molar-refractivity contribution >= 4 is 33.3 Å². The van der Waals surface area contributed by atoms with Crippen molar-refractivity contribution in [2.75, 3.05) is 5.32 Å². The van der Waals surface area contributed by atoms with Crippen molar-refractivity contribution < 1.29 is 14.2 Å². The molecule has 8 nitrogen and oxygen atoms in total. The number of pyridine rings is 2. The van der Waals surface area contributed by atoms with E-state index in [1.165, 1.54) is 4.57 Å². The molecule has 2 aromatic heterocycles. The van der Waals surface area contributed by atoms with E-state index in [4.69, 9.17) is 0 Å². The standard InChI is InChI=1S/C28H22N4O4S/c33-25-21-15-20(19-11-5-2-6-12-19)16-29-27(21)32(17-18-9-3-1-4-10-18)28(34)24(25)26-30-22-13-7-8-14-23(22)37(35,36)31-26/h1-16,33,35-36H,17H2,(H,30,31). The average molecular weight is 511 g/mol. The normalized spacial score (nSPS) is 14.9. The number of nitrogens with zero attached hydrogens (tertiary/aromatic N) is 3. The molecule has 0 aliphatic carbocycles. The number of fused-ring (bicyclic) bond motifs is 2. The number of para-hydroxylation sites is 1. The van der Waals surface area contributed by atoms with Gasteiger partial charge in [-0.05, 0) is 29.3 Å². The highest BCUT2D eigenvalue weighted by atomic mass is 32.3. The van der Waals surface area contributed by atoms with Crippen molar-refractivity contribution in [1.82, 2.24) is 9.55 Å². The summed E-state index contributed by atoms with van der Waals surface area (Å²) in [6.07, 6.45) is 1.67. The molecule has 0 saturated heterocycles. The first kappa shape index (κ1) is 23.0. The van der Waals surface area contributed by atoms with Gasteiger partial charge in [0.2, 0.25) is 0 Å². The lowest BCUT2D eigenvalue weighted by Gasteiger charge is -2.34. The third kappa shape index (κ3) is 4.05. The average Bonchev–Trinajstić information content (AvgIpc) is 2.92. The maximum Gasteiger partial charge on any atom is 0.267 e. The van der Waals surface area contributed by atoms with E-state index >= 15 is 0 Å². The Balaban J connectivity index is 1.61. The third-order valence-electron chi connectivity index (χ3n) is 6.25. The van der Waals surface area contributed by atoms with Crippen LogP contribution in [0.15, 0.2) is 111 Å². The van der Waals surface area contributed by atoms with Gasteiger partial charge >= 0.3 is 0 Å². The number of rotatable bonds is 4. The monoisotopic (exact) mass is 510 g/mol. The van der Waals surface area contributed by atoms with E-state index in [0.29, 0.717) is 16.7 Å². The van der Waals surface area contributed by atoms with Crippen LogP contribution >= 0.6 is 10.8 Å². The Bertz CT molecular complexity index is 1730. The Hall–Kier alpha value is -4.44. The number of hydrogen-bond donors (Lipinski definition) is 4. The van der Waals surface area contributed by atoms with E-state index in [0.717, 1.165) is 16.7 Å².